The summed E-state index contributed by atoms with van der Waals surface area (Å²) >= 11 is 1.82. The van der Waals surface area contributed by atoms with Crippen LogP contribution in [0.4, 0.5) is 0 Å². The molecule has 7 aromatic carbocycles. The third-order valence-corrected chi connectivity index (χ3v) is 11.3. The van der Waals surface area contributed by atoms with Gasteiger partial charge in [-0.3, -0.25) is 4.57 Å². The normalized spacial score (nSPS) is 11.9. The summed E-state index contributed by atoms with van der Waals surface area (Å²) < 4.78 is 7.32. The first kappa shape index (κ1) is 28.3. The van der Waals surface area contributed by atoms with Gasteiger partial charge in [0.1, 0.15) is 5.82 Å². The summed E-state index contributed by atoms with van der Waals surface area (Å²) in [6.45, 7) is 0. The van der Waals surface area contributed by atoms with Gasteiger partial charge in [0.2, 0.25) is 0 Å². The fourth-order valence-corrected chi connectivity index (χ4v) is 8.97. The van der Waals surface area contributed by atoms with Crippen LogP contribution in [0, 0.1) is 0 Å². The number of thiophene rings is 1. The number of nitrogens with zero attached hydrogens (tertiary/aromatic N) is 4. The second-order valence-corrected chi connectivity index (χ2v) is 14.1. The molecule has 0 aliphatic heterocycles. The van der Waals surface area contributed by atoms with E-state index < -0.39 is 0 Å². The molecule has 51 heavy (non-hydrogen) atoms. The summed E-state index contributed by atoms with van der Waals surface area (Å²) in [4.78, 5) is 10.7. The lowest BCUT2D eigenvalue weighted by atomic mass is 10.1. The molecule has 0 atom stereocenters. The average molecular weight is 669 g/mol. The molecule has 0 unspecified atom stereocenters. The van der Waals surface area contributed by atoms with Gasteiger partial charge in [-0.05, 0) is 48.5 Å². The van der Waals surface area contributed by atoms with Gasteiger partial charge in [0.25, 0.3) is 0 Å². The molecule has 0 saturated heterocycles. The van der Waals surface area contributed by atoms with E-state index in [4.69, 9.17) is 9.97 Å². The summed E-state index contributed by atoms with van der Waals surface area (Å²) in [5.74, 6) is 1.53. The van der Waals surface area contributed by atoms with Gasteiger partial charge in [-0.1, -0.05) is 115 Å². The minimum Gasteiger partial charge on any atom is -0.307 e. The monoisotopic (exact) mass is 668 g/mol. The van der Waals surface area contributed by atoms with Crippen LogP contribution in [0.25, 0.3) is 97.9 Å². The molecule has 4 heterocycles. The molecule has 0 N–H and O–H groups in total. The lowest BCUT2D eigenvalue weighted by Crippen LogP contribution is -2.04. The summed E-state index contributed by atoms with van der Waals surface area (Å²) in [5, 5.41) is 7.29. The highest BCUT2D eigenvalue weighted by Crippen LogP contribution is 2.42. The van der Waals surface area contributed by atoms with Gasteiger partial charge in [-0.15, -0.1) is 11.3 Å². The second-order valence-electron chi connectivity index (χ2n) is 13.0. The summed E-state index contributed by atoms with van der Waals surface area (Å²) in [6, 6.07) is 60.6. The lowest BCUT2D eigenvalue weighted by Gasteiger charge is -2.14. The molecule has 4 aromatic heterocycles. The number of aromatic nitrogens is 4. The Kier molecular flexibility index (Phi) is 6.09. The Balaban J connectivity index is 1.28. The molecule has 0 bridgehead atoms. The molecule has 0 saturated carbocycles. The highest BCUT2D eigenvalue weighted by molar-refractivity contribution is 7.25. The van der Waals surface area contributed by atoms with E-state index in [0.717, 1.165) is 44.9 Å². The Morgan fingerprint density at radius 3 is 1.73 bits per heavy atom. The Hall–Kier alpha value is -6.56. The Labute approximate surface area is 297 Å². The molecule has 11 aromatic rings. The highest BCUT2D eigenvalue weighted by Gasteiger charge is 2.22. The van der Waals surface area contributed by atoms with Crippen molar-refractivity contribution in [1.82, 2.24) is 19.1 Å². The van der Waals surface area contributed by atoms with E-state index in [9.17, 15) is 0 Å². The van der Waals surface area contributed by atoms with E-state index in [2.05, 4.69) is 173 Å². The number of hydrogen-bond donors (Lipinski definition) is 0. The quantitative estimate of drug-likeness (QED) is 0.187. The summed E-state index contributed by atoms with van der Waals surface area (Å²) in [7, 11) is 0. The number of para-hydroxylation sites is 3. The fraction of sp³-hybridized carbons (Fsp3) is 0. The minimum absolute atomic E-state index is 0.699. The van der Waals surface area contributed by atoms with Crippen molar-refractivity contribution in [3.05, 3.63) is 170 Å². The van der Waals surface area contributed by atoms with Crippen molar-refractivity contribution in [2.75, 3.05) is 0 Å². The van der Waals surface area contributed by atoms with Crippen LogP contribution < -0.4 is 0 Å². The van der Waals surface area contributed by atoms with Crippen molar-refractivity contribution in [2.45, 2.75) is 0 Å². The van der Waals surface area contributed by atoms with Crippen molar-refractivity contribution in [3.8, 4) is 34.2 Å². The molecule has 5 heteroatoms. The third kappa shape index (κ3) is 4.25. The van der Waals surface area contributed by atoms with Crippen molar-refractivity contribution < 1.29 is 0 Å². The van der Waals surface area contributed by atoms with Crippen LogP contribution in [0.5, 0.6) is 0 Å². The number of rotatable bonds is 4. The topological polar surface area (TPSA) is 35.6 Å². The zero-order chi connectivity index (χ0) is 33.5. The van der Waals surface area contributed by atoms with Gasteiger partial charge < -0.3 is 4.57 Å². The molecule has 0 aliphatic carbocycles. The fourth-order valence-electron chi connectivity index (χ4n) is 7.88. The van der Waals surface area contributed by atoms with Crippen molar-refractivity contribution in [2.24, 2.45) is 0 Å². The Bertz CT molecular complexity index is 3130. The van der Waals surface area contributed by atoms with Crippen LogP contribution in [0.2, 0.25) is 0 Å². The van der Waals surface area contributed by atoms with Crippen LogP contribution in [-0.4, -0.2) is 19.1 Å². The van der Waals surface area contributed by atoms with Crippen LogP contribution in [0.15, 0.2) is 170 Å². The van der Waals surface area contributed by atoms with Crippen LogP contribution in [-0.2, 0) is 0 Å². The smallest absolute Gasteiger partial charge is 0.162 e. The van der Waals surface area contributed by atoms with E-state index >= 15 is 0 Å². The van der Waals surface area contributed by atoms with Gasteiger partial charge in [-0.2, -0.15) is 0 Å². The summed E-state index contributed by atoms with van der Waals surface area (Å²) in [6.07, 6.45) is 0. The second kappa shape index (κ2) is 11.0. The van der Waals surface area contributed by atoms with Gasteiger partial charge in [-0.25, -0.2) is 9.97 Å². The lowest BCUT2D eigenvalue weighted by molar-refractivity contribution is 1.05. The zero-order valence-corrected chi connectivity index (χ0v) is 28.2. The first-order valence-corrected chi connectivity index (χ1v) is 18.0. The van der Waals surface area contributed by atoms with E-state index in [1.165, 1.54) is 47.2 Å². The number of fused-ring (bicyclic) bond motifs is 10. The van der Waals surface area contributed by atoms with E-state index in [1.54, 1.807) is 0 Å². The van der Waals surface area contributed by atoms with Crippen molar-refractivity contribution in [3.63, 3.8) is 0 Å². The zero-order valence-electron chi connectivity index (χ0n) is 27.4. The molecule has 0 amide bonds. The number of benzene rings is 7. The molecule has 0 fully saturated rings. The molecule has 11 rings (SSSR count). The molecule has 238 valence electrons. The van der Waals surface area contributed by atoms with Crippen LogP contribution in [0.3, 0.4) is 0 Å². The van der Waals surface area contributed by atoms with E-state index in [0.29, 0.717) is 5.82 Å². The first-order chi connectivity index (χ1) is 25.3. The Morgan fingerprint density at radius 1 is 0.392 bits per heavy atom. The highest BCUT2D eigenvalue weighted by atomic mass is 32.1. The van der Waals surface area contributed by atoms with Crippen molar-refractivity contribution in [1.29, 1.82) is 0 Å². The largest absolute Gasteiger partial charge is 0.307 e. The molecule has 4 nitrogen and oxygen atoms in total. The minimum atomic E-state index is 0.699. The van der Waals surface area contributed by atoms with Gasteiger partial charge in [0.15, 0.2) is 5.82 Å². The molecule has 0 aliphatic rings. The third-order valence-electron chi connectivity index (χ3n) is 10.1. The molecular weight excluding hydrogens is 641 g/mol. The maximum absolute atomic E-state index is 5.45. The Morgan fingerprint density at radius 2 is 0.980 bits per heavy atom. The van der Waals surface area contributed by atoms with Gasteiger partial charge >= 0.3 is 0 Å². The van der Waals surface area contributed by atoms with Crippen LogP contribution in [0.1, 0.15) is 0 Å². The van der Waals surface area contributed by atoms with Crippen LogP contribution >= 0.6 is 11.3 Å². The first-order valence-electron chi connectivity index (χ1n) is 17.2. The number of hydrogen-bond acceptors (Lipinski definition) is 3. The SMILES string of the molecule is c1ccc(-c2cc(-n3c4ccccc4c4ccc5c6ccccc6n(-c6ccccc6)c5c43)nc(-c3ccc4sc5ccccc5c4c3)n2)cc1. The standard InChI is InChI=1S/C46H28N4S/c1-3-13-29(14-4-1)38-28-43(48-46(47-38)30-23-26-42-37(27-30)34-19-9-12-22-41(34)51-42)50-40-21-11-8-18-33(40)36-25-24-35-32-17-7-10-20-39(32)49(44(35)45(36)50)31-15-5-2-6-16-31/h1-28H. The molecular formula is C46H28N4S. The average Bonchev–Trinajstić information content (AvgIpc) is 3.86. The van der Waals surface area contributed by atoms with Gasteiger partial charge in [0.05, 0.1) is 27.8 Å². The maximum atomic E-state index is 5.45. The van der Waals surface area contributed by atoms with E-state index in [-0.39, 0.29) is 0 Å². The predicted molar refractivity (Wildman–Crippen MR) is 214 cm³/mol. The molecule has 0 spiro atoms. The summed E-state index contributed by atoms with van der Waals surface area (Å²) in [5.41, 5.74) is 8.61. The predicted octanol–water partition coefficient (Wildman–Crippen LogP) is 12.4. The molecule has 0 radical (unpaired) electrons. The maximum Gasteiger partial charge on any atom is 0.162 e. The van der Waals surface area contributed by atoms with Crippen molar-refractivity contribution >= 4 is 75.1 Å². The van der Waals surface area contributed by atoms with E-state index in [1.807, 2.05) is 17.4 Å². The van der Waals surface area contributed by atoms with Gasteiger partial charge in [0, 0.05) is 64.6 Å².